The Morgan fingerprint density at radius 2 is 1.61 bits per heavy atom. The lowest BCUT2D eigenvalue weighted by Gasteiger charge is -2.15. The van der Waals surface area contributed by atoms with Gasteiger partial charge in [-0.05, 0) is 48.9 Å². The van der Waals surface area contributed by atoms with Crippen LogP contribution >= 0.6 is 0 Å². The second kappa shape index (κ2) is 8.61. The molecule has 1 aliphatic rings. The van der Waals surface area contributed by atoms with Crippen LogP contribution in [0.5, 0.6) is 17.2 Å². The highest BCUT2D eigenvalue weighted by molar-refractivity contribution is 6.07. The maximum absolute atomic E-state index is 12.5. The van der Waals surface area contributed by atoms with Crippen molar-refractivity contribution in [3.8, 4) is 17.2 Å². The van der Waals surface area contributed by atoms with E-state index in [1.807, 2.05) is 0 Å². The molecule has 2 aromatic rings. The molecule has 1 saturated heterocycles. The summed E-state index contributed by atoms with van der Waals surface area (Å²) >= 11 is 0. The Morgan fingerprint density at radius 3 is 2.18 bits per heavy atom. The molecule has 146 valence electrons. The molecule has 6 nitrogen and oxygen atoms in total. The van der Waals surface area contributed by atoms with Crippen LogP contribution in [0.15, 0.2) is 42.5 Å². The van der Waals surface area contributed by atoms with Gasteiger partial charge in [0.25, 0.3) is 0 Å². The summed E-state index contributed by atoms with van der Waals surface area (Å²) in [6, 6.07) is 10.6. The molecular weight excluding hydrogens is 358 g/mol. The van der Waals surface area contributed by atoms with E-state index in [-0.39, 0.29) is 11.7 Å². The Bertz CT molecular complexity index is 902. The molecular formula is C22H23NO5. The summed E-state index contributed by atoms with van der Waals surface area (Å²) in [7, 11) is 4.66. The number of amides is 1. The summed E-state index contributed by atoms with van der Waals surface area (Å²) in [4.78, 5) is 26.1. The molecule has 0 atom stereocenters. The van der Waals surface area contributed by atoms with Crippen LogP contribution in [-0.4, -0.2) is 39.6 Å². The van der Waals surface area contributed by atoms with E-state index >= 15 is 0 Å². The highest BCUT2D eigenvalue weighted by Gasteiger charge is 2.21. The standard InChI is InChI=1S/C22H23NO5/c1-26-19-14-21(28-3)20(27-2)13-16(19)8-11-18(24)15-6-9-17(10-7-15)23-12-4-5-22(23)25/h6-11,13-14H,4-5,12H2,1-3H3. The van der Waals surface area contributed by atoms with E-state index in [9.17, 15) is 9.59 Å². The van der Waals surface area contributed by atoms with Gasteiger partial charge in [0.1, 0.15) is 5.75 Å². The fourth-order valence-electron chi connectivity index (χ4n) is 3.17. The molecule has 0 spiro atoms. The number of allylic oxidation sites excluding steroid dienone is 1. The van der Waals surface area contributed by atoms with Crippen molar-refractivity contribution in [2.24, 2.45) is 0 Å². The maximum Gasteiger partial charge on any atom is 0.227 e. The van der Waals surface area contributed by atoms with Crippen LogP contribution in [-0.2, 0) is 4.79 Å². The number of hydrogen-bond donors (Lipinski definition) is 0. The van der Waals surface area contributed by atoms with Crippen molar-refractivity contribution in [3.05, 3.63) is 53.6 Å². The number of benzene rings is 2. The van der Waals surface area contributed by atoms with Crippen LogP contribution in [0.2, 0.25) is 0 Å². The van der Waals surface area contributed by atoms with Gasteiger partial charge in [0.05, 0.1) is 21.3 Å². The molecule has 0 unspecified atom stereocenters. The predicted molar refractivity (Wildman–Crippen MR) is 107 cm³/mol. The number of ether oxygens (including phenoxy) is 3. The molecule has 0 N–H and O–H groups in total. The van der Waals surface area contributed by atoms with E-state index in [1.54, 1.807) is 68.7 Å². The molecule has 28 heavy (non-hydrogen) atoms. The van der Waals surface area contributed by atoms with Crippen LogP contribution in [0.25, 0.3) is 6.08 Å². The van der Waals surface area contributed by atoms with Crippen LogP contribution < -0.4 is 19.1 Å². The molecule has 0 radical (unpaired) electrons. The first-order chi connectivity index (χ1) is 13.6. The first-order valence-electron chi connectivity index (χ1n) is 9.00. The number of methoxy groups -OCH3 is 3. The minimum absolute atomic E-state index is 0.125. The number of carbonyl (C=O) groups is 2. The molecule has 2 aromatic carbocycles. The Kier molecular flexibility index (Phi) is 5.99. The van der Waals surface area contributed by atoms with E-state index in [4.69, 9.17) is 14.2 Å². The van der Waals surface area contributed by atoms with E-state index in [0.29, 0.717) is 34.8 Å². The van der Waals surface area contributed by atoms with Crippen molar-refractivity contribution in [3.63, 3.8) is 0 Å². The van der Waals surface area contributed by atoms with Crippen molar-refractivity contribution in [1.29, 1.82) is 0 Å². The lowest BCUT2D eigenvalue weighted by atomic mass is 10.1. The third-order valence-electron chi connectivity index (χ3n) is 4.69. The van der Waals surface area contributed by atoms with E-state index in [2.05, 4.69) is 0 Å². The van der Waals surface area contributed by atoms with Gasteiger partial charge in [-0.25, -0.2) is 0 Å². The molecule has 1 fully saturated rings. The van der Waals surface area contributed by atoms with Gasteiger partial charge in [-0.3, -0.25) is 9.59 Å². The van der Waals surface area contributed by atoms with Gasteiger partial charge in [-0.2, -0.15) is 0 Å². The smallest absolute Gasteiger partial charge is 0.227 e. The summed E-state index contributed by atoms with van der Waals surface area (Å²) in [5, 5.41) is 0. The lowest BCUT2D eigenvalue weighted by Crippen LogP contribution is -2.23. The topological polar surface area (TPSA) is 65.1 Å². The summed E-state index contributed by atoms with van der Waals surface area (Å²) in [6.07, 6.45) is 4.62. The Balaban J connectivity index is 1.79. The van der Waals surface area contributed by atoms with Crippen LogP contribution in [0.3, 0.4) is 0 Å². The van der Waals surface area contributed by atoms with Gasteiger partial charge in [0, 0.05) is 35.8 Å². The molecule has 1 amide bonds. The van der Waals surface area contributed by atoms with Crippen LogP contribution in [0.4, 0.5) is 5.69 Å². The van der Waals surface area contributed by atoms with Crippen molar-refractivity contribution in [2.45, 2.75) is 12.8 Å². The lowest BCUT2D eigenvalue weighted by molar-refractivity contribution is -0.117. The fraction of sp³-hybridized carbons (Fsp3) is 0.273. The van der Waals surface area contributed by atoms with E-state index in [0.717, 1.165) is 18.7 Å². The predicted octanol–water partition coefficient (Wildman–Crippen LogP) is 3.74. The Morgan fingerprint density at radius 1 is 0.964 bits per heavy atom. The molecule has 0 aliphatic carbocycles. The molecule has 6 heteroatoms. The van der Waals surface area contributed by atoms with Crippen molar-refractivity contribution in [1.82, 2.24) is 0 Å². The largest absolute Gasteiger partial charge is 0.496 e. The summed E-state index contributed by atoms with van der Waals surface area (Å²) in [5.74, 6) is 1.66. The molecule has 0 aromatic heterocycles. The van der Waals surface area contributed by atoms with Gasteiger partial charge in [0.2, 0.25) is 5.91 Å². The van der Waals surface area contributed by atoms with Gasteiger partial charge >= 0.3 is 0 Å². The van der Waals surface area contributed by atoms with E-state index in [1.165, 1.54) is 6.08 Å². The number of anilines is 1. The minimum Gasteiger partial charge on any atom is -0.496 e. The first kappa shape index (κ1) is 19.5. The number of ketones is 1. The monoisotopic (exact) mass is 381 g/mol. The second-order valence-electron chi connectivity index (χ2n) is 6.34. The average Bonchev–Trinajstić information content (AvgIpc) is 3.17. The third kappa shape index (κ3) is 4.01. The fourth-order valence-corrected chi connectivity index (χ4v) is 3.17. The van der Waals surface area contributed by atoms with Crippen molar-refractivity contribution < 1.29 is 23.8 Å². The quantitative estimate of drug-likeness (QED) is 0.540. The molecule has 3 rings (SSSR count). The normalized spacial score (nSPS) is 13.8. The Hall–Kier alpha value is -3.28. The summed E-state index contributed by atoms with van der Waals surface area (Å²) in [5.41, 5.74) is 2.07. The van der Waals surface area contributed by atoms with Gasteiger partial charge in [-0.15, -0.1) is 0 Å². The van der Waals surface area contributed by atoms with Crippen molar-refractivity contribution >= 4 is 23.5 Å². The highest BCUT2D eigenvalue weighted by Crippen LogP contribution is 2.35. The zero-order valence-corrected chi connectivity index (χ0v) is 16.2. The van der Waals surface area contributed by atoms with Crippen molar-refractivity contribution in [2.75, 3.05) is 32.8 Å². The minimum atomic E-state index is -0.142. The van der Waals surface area contributed by atoms with Gasteiger partial charge < -0.3 is 19.1 Å². The first-order valence-corrected chi connectivity index (χ1v) is 9.00. The molecule has 1 heterocycles. The number of hydrogen-bond acceptors (Lipinski definition) is 5. The summed E-state index contributed by atoms with van der Waals surface area (Å²) in [6.45, 7) is 0.727. The zero-order chi connectivity index (χ0) is 20.1. The molecule has 1 aliphatic heterocycles. The number of rotatable bonds is 7. The number of nitrogens with zero attached hydrogens (tertiary/aromatic N) is 1. The average molecular weight is 381 g/mol. The zero-order valence-electron chi connectivity index (χ0n) is 16.2. The maximum atomic E-state index is 12.5. The summed E-state index contributed by atoms with van der Waals surface area (Å²) < 4.78 is 15.9. The van der Waals surface area contributed by atoms with E-state index < -0.39 is 0 Å². The highest BCUT2D eigenvalue weighted by atomic mass is 16.5. The SMILES string of the molecule is COc1cc(OC)c(OC)cc1C=CC(=O)c1ccc(N2CCCC2=O)cc1. The number of carbonyl (C=O) groups excluding carboxylic acids is 2. The van der Waals surface area contributed by atoms with Gasteiger partial charge in [0.15, 0.2) is 17.3 Å². The van der Waals surface area contributed by atoms with Gasteiger partial charge in [-0.1, -0.05) is 0 Å². The Labute approximate surface area is 164 Å². The second-order valence-corrected chi connectivity index (χ2v) is 6.34. The molecule has 0 saturated carbocycles. The molecule has 0 bridgehead atoms. The van der Waals surface area contributed by atoms with Crippen LogP contribution in [0, 0.1) is 0 Å². The van der Waals surface area contributed by atoms with Crippen LogP contribution in [0.1, 0.15) is 28.8 Å². The third-order valence-corrected chi connectivity index (χ3v) is 4.69.